The maximum atomic E-state index is 13.0. The number of anilines is 1. The van der Waals surface area contributed by atoms with Crippen molar-refractivity contribution in [3.05, 3.63) is 64.7 Å². The average Bonchev–Trinajstić information content (AvgIpc) is 2.75. The number of nitrogens with one attached hydrogen (secondary N) is 1. The van der Waals surface area contributed by atoms with Crippen LogP contribution in [0.3, 0.4) is 0 Å². The van der Waals surface area contributed by atoms with Crippen LogP contribution in [0.4, 0.5) is 5.69 Å². The van der Waals surface area contributed by atoms with Gasteiger partial charge < -0.3 is 15.5 Å². The number of nitrogens with two attached hydrogens (primary N) is 1. The number of benzene rings is 2. The molecule has 0 bridgehead atoms. The normalized spacial score (nSPS) is 19.5. The zero-order chi connectivity index (χ0) is 20.4. The first kappa shape index (κ1) is 19.6. The molecule has 1 fully saturated rings. The highest BCUT2D eigenvalue weighted by molar-refractivity contribution is 5.93. The molecule has 2 aromatic carbocycles. The third kappa shape index (κ3) is 4.35. The molecule has 3 N–H and O–H groups in total. The number of aryl methyl sites for hydroxylation is 2. The largest absolute Gasteiger partial charge is 0.337 e. The van der Waals surface area contributed by atoms with Crippen molar-refractivity contribution in [1.29, 1.82) is 0 Å². The number of likely N-dealkylation sites (tertiary alicyclic amines) is 1. The molecule has 0 spiro atoms. The Kier molecular flexibility index (Phi) is 5.67. The van der Waals surface area contributed by atoms with Crippen LogP contribution in [-0.2, 0) is 22.6 Å². The second-order valence-electron chi connectivity index (χ2n) is 8.43. The van der Waals surface area contributed by atoms with Crippen LogP contribution in [-0.4, -0.2) is 35.8 Å². The summed E-state index contributed by atoms with van der Waals surface area (Å²) >= 11 is 0. The fraction of sp³-hybridized carbons (Fsp3) is 0.417. The Morgan fingerprint density at radius 1 is 1.03 bits per heavy atom. The summed E-state index contributed by atoms with van der Waals surface area (Å²) in [6, 6.07) is 14.4. The highest BCUT2D eigenvalue weighted by Gasteiger charge is 2.34. The lowest BCUT2D eigenvalue weighted by Crippen LogP contribution is -2.93. The number of piperidine rings is 1. The van der Waals surface area contributed by atoms with E-state index in [1.165, 1.54) is 16.7 Å². The van der Waals surface area contributed by atoms with E-state index in [4.69, 9.17) is 0 Å². The van der Waals surface area contributed by atoms with Gasteiger partial charge in [-0.15, -0.1) is 0 Å². The third-order valence-corrected chi connectivity index (χ3v) is 6.31. The number of quaternary nitrogens is 1. The van der Waals surface area contributed by atoms with Crippen LogP contribution in [0.15, 0.2) is 42.5 Å². The molecule has 2 aliphatic heterocycles. The molecule has 5 nitrogen and oxygen atoms in total. The Labute approximate surface area is 172 Å². The van der Waals surface area contributed by atoms with Crippen molar-refractivity contribution in [2.75, 3.05) is 18.4 Å². The van der Waals surface area contributed by atoms with Crippen LogP contribution in [0, 0.1) is 19.8 Å². The molecule has 1 atom stereocenters. The van der Waals surface area contributed by atoms with E-state index in [0.29, 0.717) is 13.1 Å². The van der Waals surface area contributed by atoms with E-state index >= 15 is 0 Å². The van der Waals surface area contributed by atoms with Gasteiger partial charge in [-0.1, -0.05) is 42.0 Å². The molecule has 2 aliphatic rings. The van der Waals surface area contributed by atoms with Gasteiger partial charge in [0.05, 0.1) is 0 Å². The van der Waals surface area contributed by atoms with E-state index in [2.05, 4.69) is 34.9 Å². The SMILES string of the molecule is Cc1ccc(NC(=O)C2CCN(C(=O)[C@@H]3Cc4ccccc4C[NH2+]3)CC2)c(C)c1. The molecule has 2 heterocycles. The lowest BCUT2D eigenvalue weighted by molar-refractivity contribution is -0.695. The highest BCUT2D eigenvalue weighted by atomic mass is 16.2. The number of amides is 2. The summed E-state index contributed by atoms with van der Waals surface area (Å²) in [6.45, 7) is 6.25. The Balaban J connectivity index is 1.31. The lowest BCUT2D eigenvalue weighted by Gasteiger charge is -2.34. The van der Waals surface area contributed by atoms with E-state index in [-0.39, 0.29) is 23.8 Å². The number of carbonyl (C=O) groups is 2. The fourth-order valence-electron chi connectivity index (χ4n) is 4.52. The van der Waals surface area contributed by atoms with Gasteiger partial charge in [-0.3, -0.25) is 9.59 Å². The summed E-state index contributed by atoms with van der Waals surface area (Å²) in [5, 5.41) is 5.23. The van der Waals surface area contributed by atoms with Gasteiger partial charge in [0.2, 0.25) is 5.91 Å². The molecule has 4 rings (SSSR count). The zero-order valence-corrected chi connectivity index (χ0v) is 17.3. The number of hydrogen-bond acceptors (Lipinski definition) is 2. The summed E-state index contributed by atoms with van der Waals surface area (Å²) < 4.78 is 0. The molecule has 0 saturated carbocycles. The van der Waals surface area contributed by atoms with E-state index in [1.807, 2.05) is 36.9 Å². The van der Waals surface area contributed by atoms with Crippen molar-refractivity contribution in [3.63, 3.8) is 0 Å². The van der Waals surface area contributed by atoms with Crippen molar-refractivity contribution in [2.45, 2.75) is 45.7 Å². The summed E-state index contributed by atoms with van der Waals surface area (Å²) in [5.74, 6) is 0.255. The molecular weight excluding hydrogens is 362 g/mol. The van der Waals surface area contributed by atoms with Crippen molar-refractivity contribution in [2.24, 2.45) is 5.92 Å². The Bertz CT molecular complexity index is 916. The molecular formula is C24H30N3O2+. The second kappa shape index (κ2) is 8.37. The molecule has 0 radical (unpaired) electrons. The Hall–Kier alpha value is -2.66. The van der Waals surface area contributed by atoms with Gasteiger partial charge in [0, 0.05) is 36.7 Å². The minimum absolute atomic E-state index is 0.0317. The van der Waals surface area contributed by atoms with Crippen LogP contribution in [0.2, 0.25) is 0 Å². The van der Waals surface area contributed by atoms with Gasteiger partial charge in [0.1, 0.15) is 6.54 Å². The topological polar surface area (TPSA) is 66.0 Å². The van der Waals surface area contributed by atoms with Crippen LogP contribution >= 0.6 is 0 Å². The Morgan fingerprint density at radius 2 is 1.76 bits per heavy atom. The van der Waals surface area contributed by atoms with Crippen molar-refractivity contribution >= 4 is 17.5 Å². The highest BCUT2D eigenvalue weighted by Crippen LogP contribution is 2.23. The van der Waals surface area contributed by atoms with Gasteiger partial charge in [-0.05, 0) is 43.9 Å². The van der Waals surface area contributed by atoms with Gasteiger partial charge in [0.25, 0.3) is 5.91 Å². The average molecular weight is 393 g/mol. The number of nitrogens with zero attached hydrogens (tertiary/aromatic N) is 1. The molecule has 29 heavy (non-hydrogen) atoms. The van der Waals surface area contributed by atoms with Gasteiger partial charge >= 0.3 is 0 Å². The minimum Gasteiger partial charge on any atom is -0.337 e. The quantitative estimate of drug-likeness (QED) is 0.841. The molecule has 2 aromatic rings. The van der Waals surface area contributed by atoms with E-state index in [1.54, 1.807) is 0 Å². The minimum atomic E-state index is -0.0366. The number of hydrogen-bond donors (Lipinski definition) is 2. The van der Waals surface area contributed by atoms with Gasteiger partial charge in [-0.2, -0.15) is 0 Å². The predicted molar refractivity (Wildman–Crippen MR) is 113 cm³/mol. The summed E-state index contributed by atoms with van der Waals surface area (Å²) in [4.78, 5) is 27.7. The fourth-order valence-corrected chi connectivity index (χ4v) is 4.52. The first-order valence-corrected chi connectivity index (χ1v) is 10.6. The molecule has 5 heteroatoms. The summed E-state index contributed by atoms with van der Waals surface area (Å²) in [6.07, 6.45) is 2.25. The third-order valence-electron chi connectivity index (χ3n) is 6.31. The van der Waals surface area contributed by atoms with E-state index in [0.717, 1.165) is 37.1 Å². The number of fused-ring (bicyclic) bond motifs is 1. The zero-order valence-electron chi connectivity index (χ0n) is 17.3. The standard InChI is InChI=1S/C24H29N3O2/c1-16-7-8-21(17(2)13-16)26-23(28)18-9-11-27(12-10-18)24(29)22-14-19-5-3-4-6-20(19)15-25-22/h3-8,13,18,22,25H,9-12,14-15H2,1-2H3,(H,26,28)/p+1/t22-/m0/s1. The number of rotatable bonds is 3. The van der Waals surface area contributed by atoms with Crippen molar-refractivity contribution in [1.82, 2.24) is 4.90 Å². The monoisotopic (exact) mass is 392 g/mol. The van der Waals surface area contributed by atoms with Gasteiger partial charge in [0.15, 0.2) is 6.04 Å². The van der Waals surface area contributed by atoms with E-state index in [9.17, 15) is 9.59 Å². The molecule has 152 valence electrons. The van der Waals surface area contributed by atoms with Crippen LogP contribution in [0.25, 0.3) is 0 Å². The van der Waals surface area contributed by atoms with Crippen molar-refractivity contribution in [3.8, 4) is 0 Å². The maximum Gasteiger partial charge on any atom is 0.281 e. The Morgan fingerprint density at radius 3 is 2.48 bits per heavy atom. The van der Waals surface area contributed by atoms with Gasteiger partial charge in [-0.25, -0.2) is 0 Å². The summed E-state index contributed by atoms with van der Waals surface area (Å²) in [5.41, 5.74) is 5.78. The predicted octanol–water partition coefficient (Wildman–Crippen LogP) is 2.17. The summed E-state index contributed by atoms with van der Waals surface area (Å²) in [7, 11) is 0. The molecule has 0 aliphatic carbocycles. The lowest BCUT2D eigenvalue weighted by atomic mass is 9.92. The molecule has 1 saturated heterocycles. The second-order valence-corrected chi connectivity index (χ2v) is 8.43. The first-order valence-electron chi connectivity index (χ1n) is 10.6. The molecule has 2 amide bonds. The van der Waals surface area contributed by atoms with Crippen LogP contribution in [0.5, 0.6) is 0 Å². The van der Waals surface area contributed by atoms with Crippen LogP contribution < -0.4 is 10.6 Å². The first-order chi connectivity index (χ1) is 14.0. The van der Waals surface area contributed by atoms with E-state index < -0.39 is 0 Å². The smallest absolute Gasteiger partial charge is 0.281 e. The number of carbonyl (C=O) groups excluding carboxylic acids is 2. The molecule has 0 aromatic heterocycles. The van der Waals surface area contributed by atoms with Crippen molar-refractivity contribution < 1.29 is 14.9 Å². The molecule has 0 unspecified atom stereocenters. The maximum absolute atomic E-state index is 13.0. The van der Waals surface area contributed by atoms with Crippen LogP contribution in [0.1, 0.15) is 35.1 Å².